The summed E-state index contributed by atoms with van der Waals surface area (Å²) in [4.78, 5) is 2.41. The molecule has 0 aromatic carbocycles. The number of ether oxygens (including phenoxy) is 1. The average molecular weight is 351 g/mol. The standard InChI is InChI=1S/C13H21BrClN3O/c1-4-11-13(14)12(17(3)16-11)7-18-6-10(5-15)19-8-9(18)2/h9-10H,4-8H2,1-3H3. The smallest absolute Gasteiger partial charge is 0.0838 e. The Balaban J connectivity index is 2.13. The van der Waals surface area contributed by atoms with Crippen LogP contribution in [0, 0.1) is 0 Å². The average Bonchev–Trinajstić information content (AvgIpc) is 2.68. The molecule has 0 aliphatic carbocycles. The Morgan fingerprint density at radius 1 is 1.53 bits per heavy atom. The Kier molecular flexibility index (Phi) is 5.29. The third kappa shape index (κ3) is 3.32. The van der Waals surface area contributed by atoms with E-state index in [1.807, 2.05) is 11.7 Å². The molecule has 1 fully saturated rings. The van der Waals surface area contributed by atoms with Crippen LogP contribution in [0.4, 0.5) is 0 Å². The first kappa shape index (κ1) is 15.3. The number of halogens is 2. The Labute approximate surface area is 128 Å². The molecule has 1 aromatic rings. The van der Waals surface area contributed by atoms with Crippen molar-refractivity contribution in [1.29, 1.82) is 0 Å². The van der Waals surface area contributed by atoms with Gasteiger partial charge in [-0.25, -0.2) is 0 Å². The molecule has 1 aliphatic rings. The molecule has 2 rings (SSSR count). The van der Waals surface area contributed by atoms with E-state index in [4.69, 9.17) is 16.3 Å². The van der Waals surface area contributed by atoms with Crippen LogP contribution >= 0.6 is 27.5 Å². The van der Waals surface area contributed by atoms with Crippen LogP contribution in [0.15, 0.2) is 4.47 Å². The van der Waals surface area contributed by atoms with Gasteiger partial charge < -0.3 is 4.74 Å². The number of morpholine rings is 1. The summed E-state index contributed by atoms with van der Waals surface area (Å²) in [6.07, 6.45) is 1.08. The number of aromatic nitrogens is 2. The van der Waals surface area contributed by atoms with Gasteiger partial charge in [-0.1, -0.05) is 6.92 Å². The Morgan fingerprint density at radius 3 is 2.84 bits per heavy atom. The predicted octanol–water partition coefficient (Wildman–Crippen LogP) is 2.57. The van der Waals surface area contributed by atoms with Crippen molar-refractivity contribution in [1.82, 2.24) is 14.7 Å². The largest absolute Gasteiger partial charge is 0.374 e. The number of hydrogen-bond acceptors (Lipinski definition) is 3. The van der Waals surface area contributed by atoms with E-state index >= 15 is 0 Å². The van der Waals surface area contributed by atoms with E-state index in [1.54, 1.807) is 0 Å². The quantitative estimate of drug-likeness (QED) is 0.782. The minimum absolute atomic E-state index is 0.135. The highest BCUT2D eigenvalue weighted by atomic mass is 79.9. The molecule has 1 aromatic heterocycles. The summed E-state index contributed by atoms with van der Waals surface area (Å²) in [5, 5.41) is 4.54. The lowest BCUT2D eigenvalue weighted by Crippen LogP contribution is -2.48. The van der Waals surface area contributed by atoms with Crippen LogP contribution in [0.3, 0.4) is 0 Å². The van der Waals surface area contributed by atoms with Gasteiger partial charge in [0.05, 0.1) is 28.6 Å². The van der Waals surface area contributed by atoms with Crippen LogP contribution in [-0.2, 0) is 24.8 Å². The van der Waals surface area contributed by atoms with Crippen molar-refractivity contribution in [2.75, 3.05) is 19.0 Å². The first-order valence-corrected chi connectivity index (χ1v) is 8.01. The van der Waals surface area contributed by atoms with E-state index in [9.17, 15) is 0 Å². The number of hydrogen-bond donors (Lipinski definition) is 0. The Hall–Kier alpha value is -0.100. The number of alkyl halides is 1. The molecule has 19 heavy (non-hydrogen) atoms. The fraction of sp³-hybridized carbons (Fsp3) is 0.769. The van der Waals surface area contributed by atoms with E-state index in [1.165, 1.54) is 5.69 Å². The van der Waals surface area contributed by atoms with Crippen molar-refractivity contribution in [3.05, 3.63) is 15.9 Å². The normalized spacial score (nSPS) is 24.9. The molecule has 1 saturated heterocycles. The van der Waals surface area contributed by atoms with Gasteiger partial charge in [-0.05, 0) is 29.3 Å². The molecule has 0 spiro atoms. The molecular weight excluding hydrogens is 330 g/mol. The number of nitrogens with zero attached hydrogens (tertiary/aromatic N) is 3. The van der Waals surface area contributed by atoms with Crippen LogP contribution in [-0.4, -0.2) is 45.9 Å². The summed E-state index contributed by atoms with van der Waals surface area (Å²) in [5.41, 5.74) is 2.34. The second-order valence-electron chi connectivity index (χ2n) is 5.07. The summed E-state index contributed by atoms with van der Waals surface area (Å²) < 4.78 is 8.80. The highest BCUT2D eigenvalue weighted by molar-refractivity contribution is 9.10. The predicted molar refractivity (Wildman–Crippen MR) is 80.6 cm³/mol. The molecule has 2 atom stereocenters. The SMILES string of the molecule is CCc1nn(C)c(CN2CC(CCl)OCC2C)c1Br. The van der Waals surface area contributed by atoms with Crippen molar-refractivity contribution in [2.24, 2.45) is 7.05 Å². The van der Waals surface area contributed by atoms with E-state index in [0.717, 1.165) is 36.3 Å². The zero-order chi connectivity index (χ0) is 14.0. The molecule has 6 heteroatoms. The molecule has 0 amide bonds. The molecule has 0 bridgehead atoms. The summed E-state index contributed by atoms with van der Waals surface area (Å²) in [6, 6.07) is 0.409. The number of rotatable bonds is 4. The summed E-state index contributed by atoms with van der Waals surface area (Å²) in [6.45, 7) is 6.81. The van der Waals surface area contributed by atoms with Crippen molar-refractivity contribution < 1.29 is 4.74 Å². The van der Waals surface area contributed by atoms with Gasteiger partial charge in [0.25, 0.3) is 0 Å². The molecule has 108 valence electrons. The summed E-state index contributed by atoms with van der Waals surface area (Å²) in [7, 11) is 2.00. The second kappa shape index (κ2) is 6.57. The summed E-state index contributed by atoms with van der Waals surface area (Å²) in [5.74, 6) is 0.552. The lowest BCUT2D eigenvalue weighted by atomic mass is 10.2. The Bertz CT molecular complexity index is 438. The van der Waals surface area contributed by atoms with Gasteiger partial charge in [-0.3, -0.25) is 9.58 Å². The van der Waals surface area contributed by atoms with Gasteiger partial charge in [0.1, 0.15) is 0 Å². The highest BCUT2D eigenvalue weighted by Crippen LogP contribution is 2.25. The third-order valence-corrected chi connectivity index (χ3v) is 4.92. The lowest BCUT2D eigenvalue weighted by molar-refractivity contribution is -0.0518. The van der Waals surface area contributed by atoms with E-state index < -0.39 is 0 Å². The van der Waals surface area contributed by atoms with E-state index in [-0.39, 0.29) is 6.10 Å². The van der Waals surface area contributed by atoms with Crippen molar-refractivity contribution >= 4 is 27.5 Å². The van der Waals surface area contributed by atoms with Crippen molar-refractivity contribution in [3.63, 3.8) is 0 Å². The lowest BCUT2D eigenvalue weighted by Gasteiger charge is -2.37. The molecule has 4 nitrogen and oxygen atoms in total. The van der Waals surface area contributed by atoms with Gasteiger partial charge >= 0.3 is 0 Å². The summed E-state index contributed by atoms with van der Waals surface area (Å²) >= 11 is 9.58. The molecule has 2 unspecified atom stereocenters. The fourth-order valence-electron chi connectivity index (χ4n) is 2.37. The van der Waals surface area contributed by atoms with Gasteiger partial charge in [-0.15, -0.1) is 11.6 Å². The van der Waals surface area contributed by atoms with Crippen LogP contribution in [0.1, 0.15) is 25.2 Å². The maximum absolute atomic E-state index is 5.91. The minimum Gasteiger partial charge on any atom is -0.374 e. The molecule has 2 heterocycles. The van der Waals surface area contributed by atoms with Crippen molar-refractivity contribution in [2.45, 2.75) is 39.0 Å². The monoisotopic (exact) mass is 349 g/mol. The van der Waals surface area contributed by atoms with Crippen LogP contribution < -0.4 is 0 Å². The fourth-order valence-corrected chi connectivity index (χ4v) is 3.30. The van der Waals surface area contributed by atoms with Crippen LogP contribution in [0.25, 0.3) is 0 Å². The maximum atomic E-state index is 5.91. The van der Waals surface area contributed by atoms with Gasteiger partial charge in [0.2, 0.25) is 0 Å². The van der Waals surface area contributed by atoms with E-state index in [2.05, 4.69) is 39.8 Å². The zero-order valence-corrected chi connectivity index (χ0v) is 14.0. The Morgan fingerprint density at radius 2 is 2.26 bits per heavy atom. The van der Waals surface area contributed by atoms with Gasteiger partial charge in [-0.2, -0.15) is 5.10 Å². The van der Waals surface area contributed by atoms with Gasteiger partial charge in [0, 0.05) is 32.1 Å². The molecular formula is C13H21BrClN3O. The zero-order valence-electron chi connectivity index (χ0n) is 11.7. The number of aryl methyl sites for hydroxylation is 2. The van der Waals surface area contributed by atoms with E-state index in [0.29, 0.717) is 11.9 Å². The molecule has 0 saturated carbocycles. The van der Waals surface area contributed by atoms with Crippen molar-refractivity contribution in [3.8, 4) is 0 Å². The molecule has 1 aliphatic heterocycles. The molecule has 0 radical (unpaired) electrons. The maximum Gasteiger partial charge on any atom is 0.0838 e. The second-order valence-corrected chi connectivity index (χ2v) is 6.17. The third-order valence-electron chi connectivity index (χ3n) is 3.66. The minimum atomic E-state index is 0.135. The topological polar surface area (TPSA) is 30.3 Å². The first-order chi connectivity index (χ1) is 9.06. The van der Waals surface area contributed by atoms with Crippen LogP contribution in [0.5, 0.6) is 0 Å². The van der Waals surface area contributed by atoms with Gasteiger partial charge in [0.15, 0.2) is 0 Å². The molecule has 0 N–H and O–H groups in total. The first-order valence-electron chi connectivity index (χ1n) is 6.68. The van der Waals surface area contributed by atoms with Crippen LogP contribution in [0.2, 0.25) is 0 Å². The highest BCUT2D eigenvalue weighted by Gasteiger charge is 2.27.